The summed E-state index contributed by atoms with van der Waals surface area (Å²) in [5.74, 6) is -2.92. The van der Waals surface area contributed by atoms with Crippen LogP contribution in [0.25, 0.3) is 0 Å². The summed E-state index contributed by atoms with van der Waals surface area (Å²) >= 11 is 6.12. The van der Waals surface area contributed by atoms with E-state index in [1.54, 1.807) is 36.4 Å². The standard InChI is InChI=1S/C74H72ClN3O20/c1-45(79)89-62-55(42-86-39-48-24-12-5-13-25-48)93-72(90-52-34-32-51(85-2)33-35-52)61(78-68(81)53-30-18-19-31-54(53)69(78)82)67(62)96-71-60-66(98-74(84)77(60)38-47-22-10-4-11-23-47)64(57(92-71)44-88-41-50-28-16-7-17-29-50)95-70-59-65(97-73(83)76(59)37-46-20-8-3-9-21-46)63(94-58(80)36-75)56(91-70)43-87-40-49-26-14-6-15-27-49/h3-35,55-57,59-67,70-72H,36-44H2,1-2H3/t55-,56-,57-,59-,60-,61-,62-,63-,64+,65-,66-,67-,70-,71-,72-/m1/s1. The fourth-order valence-corrected chi connectivity index (χ4v) is 13.3. The van der Waals surface area contributed by atoms with Gasteiger partial charge in [0.05, 0.1) is 57.9 Å². The van der Waals surface area contributed by atoms with Crippen molar-refractivity contribution < 1.29 is 95.1 Å². The molecule has 6 aliphatic rings. The van der Waals surface area contributed by atoms with Crippen molar-refractivity contribution in [1.29, 1.82) is 0 Å². The molecule has 0 spiro atoms. The molecule has 0 aromatic heterocycles. The van der Waals surface area contributed by atoms with Crippen LogP contribution >= 0.6 is 11.6 Å². The summed E-state index contributed by atoms with van der Waals surface area (Å²) in [6, 6.07) is 55.0. The Bertz CT molecular complexity index is 3830. The molecule has 15 atom stereocenters. The highest BCUT2D eigenvalue weighted by molar-refractivity contribution is 6.26. The molecule has 23 nitrogen and oxygen atoms in total. The van der Waals surface area contributed by atoms with E-state index in [4.69, 9.17) is 77.9 Å². The number of fused-ring (bicyclic) bond motifs is 3. The lowest BCUT2D eigenvalue weighted by molar-refractivity contribution is -0.351. The van der Waals surface area contributed by atoms with Crippen LogP contribution in [-0.4, -0.2) is 175 Å². The molecule has 98 heavy (non-hydrogen) atoms. The number of hydrogen-bond donors (Lipinski definition) is 0. The molecule has 5 fully saturated rings. The molecule has 0 unspecified atom stereocenters. The second-order valence-corrected chi connectivity index (χ2v) is 24.5. The third-order valence-electron chi connectivity index (χ3n) is 17.8. The topological polar surface area (TPSA) is 241 Å². The van der Waals surface area contributed by atoms with E-state index >= 15 is 14.4 Å². The first-order valence-electron chi connectivity index (χ1n) is 32.2. The lowest BCUT2D eigenvalue weighted by Gasteiger charge is -2.51. The van der Waals surface area contributed by atoms with Crippen molar-refractivity contribution in [2.75, 3.05) is 32.8 Å². The number of carbonyl (C=O) groups is 6. The smallest absolute Gasteiger partial charge is 0.411 e. The van der Waals surface area contributed by atoms with Crippen LogP contribution < -0.4 is 9.47 Å². The molecule has 7 aromatic carbocycles. The number of ether oxygens (including phenoxy) is 14. The Hall–Kier alpha value is -9.27. The molecule has 13 rings (SSSR count). The molecule has 6 aliphatic heterocycles. The molecule has 510 valence electrons. The van der Waals surface area contributed by atoms with Crippen molar-refractivity contribution in [3.05, 3.63) is 239 Å². The highest BCUT2D eigenvalue weighted by atomic mass is 35.5. The van der Waals surface area contributed by atoms with Crippen LogP contribution in [0.3, 0.4) is 0 Å². The zero-order valence-corrected chi connectivity index (χ0v) is 54.2. The summed E-state index contributed by atoms with van der Waals surface area (Å²) in [7, 11) is 1.51. The van der Waals surface area contributed by atoms with E-state index < -0.39 is 134 Å². The third-order valence-corrected chi connectivity index (χ3v) is 18.0. The predicted molar refractivity (Wildman–Crippen MR) is 347 cm³/mol. The number of methoxy groups -OCH3 is 1. The second-order valence-electron chi connectivity index (χ2n) is 24.2. The Kier molecular flexibility index (Phi) is 21.3. The molecule has 7 aromatic rings. The highest BCUT2D eigenvalue weighted by Gasteiger charge is 2.65. The SMILES string of the molecule is COc1ccc(O[C@@H]2O[C@H](COCc3ccccc3)[C@@H](OC(C)=O)[C@H](O[C@H]3O[C@H](COCc4ccccc4)[C@H](O[C@H]4O[C@H](COCc5ccccc5)[C@@H](OC(=O)CCl)[C@@H]5OC(=O)N(Cc6ccccc6)[C@@H]45)[C@@H]4OC(=O)N(Cc5ccccc5)[C@@H]34)[C@H]2N2C(=O)c3ccccc3C2=O)cc1. The van der Waals surface area contributed by atoms with Crippen LogP contribution in [0.1, 0.15) is 55.5 Å². The molecule has 0 radical (unpaired) electrons. The monoisotopic (exact) mass is 1360 g/mol. The minimum absolute atomic E-state index is 0.0215. The second kappa shape index (κ2) is 31.1. The van der Waals surface area contributed by atoms with Gasteiger partial charge in [-0.3, -0.25) is 33.9 Å². The number of amides is 4. The Morgan fingerprint density at radius 1 is 0.439 bits per heavy atom. The van der Waals surface area contributed by atoms with E-state index in [9.17, 15) is 14.4 Å². The van der Waals surface area contributed by atoms with Crippen molar-refractivity contribution >= 4 is 47.5 Å². The molecule has 0 bridgehead atoms. The van der Waals surface area contributed by atoms with Crippen molar-refractivity contribution in [1.82, 2.24) is 14.7 Å². The first-order chi connectivity index (χ1) is 47.9. The number of carbonyl (C=O) groups excluding carboxylic acids is 6. The van der Waals surface area contributed by atoms with Crippen LogP contribution in [0.2, 0.25) is 0 Å². The van der Waals surface area contributed by atoms with Gasteiger partial charge in [0, 0.05) is 20.0 Å². The Morgan fingerprint density at radius 2 is 0.827 bits per heavy atom. The van der Waals surface area contributed by atoms with Gasteiger partial charge < -0.3 is 66.3 Å². The number of benzene rings is 7. The highest BCUT2D eigenvalue weighted by Crippen LogP contribution is 2.44. The zero-order chi connectivity index (χ0) is 67.7. The van der Waals surface area contributed by atoms with E-state index in [0.717, 1.165) is 21.6 Å². The first-order valence-corrected chi connectivity index (χ1v) is 32.8. The lowest BCUT2D eigenvalue weighted by Crippen LogP contribution is -2.71. The minimum Gasteiger partial charge on any atom is -0.497 e. The van der Waals surface area contributed by atoms with E-state index in [1.807, 2.05) is 152 Å². The van der Waals surface area contributed by atoms with E-state index in [1.165, 1.54) is 36.0 Å². The number of rotatable bonds is 27. The average Bonchev–Trinajstić information content (AvgIpc) is 1.54. The summed E-state index contributed by atoms with van der Waals surface area (Å²) in [5, 5.41) is 0. The van der Waals surface area contributed by atoms with Crippen LogP contribution in [-0.2, 0) is 99.3 Å². The van der Waals surface area contributed by atoms with Gasteiger partial charge in [-0.15, -0.1) is 11.6 Å². The van der Waals surface area contributed by atoms with Crippen molar-refractivity contribution in [3.8, 4) is 11.5 Å². The zero-order valence-electron chi connectivity index (χ0n) is 53.5. The lowest BCUT2D eigenvalue weighted by atomic mass is 9.92. The summed E-state index contributed by atoms with van der Waals surface area (Å²) in [6.45, 7) is 0.532. The van der Waals surface area contributed by atoms with Gasteiger partial charge in [0.2, 0.25) is 6.29 Å². The number of esters is 2. The maximum absolute atomic E-state index is 15.2. The predicted octanol–water partition coefficient (Wildman–Crippen LogP) is 9.20. The molecular weight excluding hydrogens is 1290 g/mol. The molecule has 0 aliphatic carbocycles. The summed E-state index contributed by atoms with van der Waals surface area (Å²) < 4.78 is 92.9. The Labute approximate surface area is 570 Å². The fraction of sp³-hybridized carbons (Fsp3) is 0.351. The largest absolute Gasteiger partial charge is 0.497 e. The van der Waals surface area contributed by atoms with Crippen LogP contribution in [0.4, 0.5) is 9.59 Å². The molecule has 5 saturated heterocycles. The number of alkyl halides is 1. The van der Waals surface area contributed by atoms with Gasteiger partial charge in [0.1, 0.15) is 66.0 Å². The third kappa shape index (κ3) is 15.1. The normalized spacial score (nSPS) is 27.1. The van der Waals surface area contributed by atoms with E-state index in [-0.39, 0.29) is 69.6 Å². The minimum atomic E-state index is -1.67. The molecule has 6 heterocycles. The molecule has 4 amide bonds. The van der Waals surface area contributed by atoms with Gasteiger partial charge in [-0.05, 0) is 64.2 Å². The van der Waals surface area contributed by atoms with Gasteiger partial charge in [0.15, 0.2) is 37.0 Å². The van der Waals surface area contributed by atoms with E-state index in [2.05, 4.69) is 0 Å². The van der Waals surface area contributed by atoms with Gasteiger partial charge in [-0.25, -0.2) is 9.59 Å². The molecular formula is C74H72ClN3O20. The van der Waals surface area contributed by atoms with Crippen LogP contribution in [0.5, 0.6) is 11.5 Å². The Morgan fingerprint density at radius 3 is 1.27 bits per heavy atom. The average molecular weight is 1360 g/mol. The number of nitrogens with zero attached hydrogens (tertiary/aromatic N) is 3. The molecule has 0 N–H and O–H groups in total. The Balaban J connectivity index is 0.933. The maximum Gasteiger partial charge on any atom is 0.411 e. The number of hydrogen-bond acceptors (Lipinski definition) is 20. The summed E-state index contributed by atoms with van der Waals surface area (Å²) in [6.07, 6.45) is -18.7. The number of imide groups is 1. The van der Waals surface area contributed by atoms with Crippen molar-refractivity contribution in [2.45, 2.75) is 132 Å². The number of halogens is 1. The van der Waals surface area contributed by atoms with Gasteiger partial charge >= 0.3 is 24.1 Å². The maximum atomic E-state index is 15.2. The van der Waals surface area contributed by atoms with Crippen LogP contribution in [0.15, 0.2) is 200 Å². The van der Waals surface area contributed by atoms with Crippen molar-refractivity contribution in [2.24, 2.45) is 0 Å². The summed E-state index contributed by atoms with van der Waals surface area (Å²) in [4.78, 5) is 91.2. The molecule has 0 saturated carbocycles. The fourth-order valence-electron chi connectivity index (χ4n) is 13.3. The van der Waals surface area contributed by atoms with Gasteiger partial charge in [0.25, 0.3) is 11.8 Å². The van der Waals surface area contributed by atoms with Gasteiger partial charge in [-0.2, -0.15) is 0 Å². The van der Waals surface area contributed by atoms with Crippen LogP contribution in [0, 0.1) is 0 Å². The van der Waals surface area contributed by atoms with Crippen molar-refractivity contribution in [3.63, 3.8) is 0 Å². The first kappa shape index (κ1) is 67.3. The van der Waals surface area contributed by atoms with E-state index in [0.29, 0.717) is 16.9 Å². The van der Waals surface area contributed by atoms with Gasteiger partial charge in [-0.1, -0.05) is 164 Å². The quantitative estimate of drug-likeness (QED) is 0.0202. The molecule has 24 heteroatoms. The summed E-state index contributed by atoms with van der Waals surface area (Å²) in [5.41, 5.74) is 3.95.